The molecule has 0 aromatic carbocycles. The molecule has 0 aliphatic heterocycles. The highest BCUT2D eigenvalue weighted by atomic mass is 79.9. The van der Waals surface area contributed by atoms with Crippen LogP contribution in [0.15, 0.2) is 38.0 Å². The minimum atomic E-state index is 0.0371. The van der Waals surface area contributed by atoms with Gasteiger partial charge in [-0.05, 0) is 48.1 Å². The maximum atomic E-state index is 5.53. The second-order valence-electron chi connectivity index (χ2n) is 3.30. The number of hydrogen-bond donors (Lipinski definition) is 1. The molecule has 0 saturated heterocycles. The average Bonchev–Trinajstić information content (AvgIpc) is 2.79. The molecule has 0 bridgehead atoms. The summed E-state index contributed by atoms with van der Waals surface area (Å²) in [6.45, 7) is 1.94. The Hall–Kier alpha value is -1.00. The highest BCUT2D eigenvalue weighted by Crippen LogP contribution is 2.28. The molecule has 0 aliphatic carbocycles. The Balaban J connectivity index is 2.36. The third-order valence-corrected chi connectivity index (χ3v) is 2.80. The molecule has 2 heterocycles. The first-order chi connectivity index (χ1) is 7.22. The molecule has 15 heavy (non-hydrogen) atoms. The van der Waals surface area contributed by atoms with Gasteiger partial charge in [0.1, 0.15) is 11.5 Å². The van der Waals surface area contributed by atoms with Crippen LogP contribution in [0.4, 0.5) is 0 Å². The quantitative estimate of drug-likeness (QED) is 0.930. The van der Waals surface area contributed by atoms with E-state index < -0.39 is 0 Å². The molecular formula is C11H12BrNO2. The van der Waals surface area contributed by atoms with Crippen LogP contribution in [0.2, 0.25) is 0 Å². The van der Waals surface area contributed by atoms with Gasteiger partial charge in [0.2, 0.25) is 0 Å². The third-order valence-electron chi connectivity index (χ3n) is 2.38. The van der Waals surface area contributed by atoms with Gasteiger partial charge in [-0.25, -0.2) is 0 Å². The van der Waals surface area contributed by atoms with E-state index in [4.69, 9.17) is 8.83 Å². The van der Waals surface area contributed by atoms with Crippen molar-refractivity contribution in [3.8, 4) is 0 Å². The van der Waals surface area contributed by atoms with Crippen LogP contribution in [0.5, 0.6) is 0 Å². The summed E-state index contributed by atoms with van der Waals surface area (Å²) in [5, 5.41) is 3.20. The van der Waals surface area contributed by atoms with Gasteiger partial charge in [-0.15, -0.1) is 0 Å². The molecule has 2 rings (SSSR count). The molecule has 2 aromatic heterocycles. The Morgan fingerprint density at radius 3 is 2.60 bits per heavy atom. The van der Waals surface area contributed by atoms with Gasteiger partial charge in [0.25, 0.3) is 0 Å². The van der Waals surface area contributed by atoms with E-state index in [2.05, 4.69) is 21.2 Å². The lowest BCUT2D eigenvalue weighted by molar-refractivity contribution is 0.441. The third kappa shape index (κ3) is 2.01. The van der Waals surface area contributed by atoms with E-state index in [1.807, 2.05) is 32.2 Å². The summed E-state index contributed by atoms with van der Waals surface area (Å²) in [7, 11) is 1.90. The highest BCUT2D eigenvalue weighted by Gasteiger charge is 2.19. The van der Waals surface area contributed by atoms with Crippen molar-refractivity contribution in [2.24, 2.45) is 0 Å². The zero-order chi connectivity index (χ0) is 10.8. The summed E-state index contributed by atoms with van der Waals surface area (Å²) in [6.07, 6.45) is 1.69. The van der Waals surface area contributed by atoms with Crippen LogP contribution < -0.4 is 5.32 Å². The zero-order valence-electron chi connectivity index (χ0n) is 8.58. The van der Waals surface area contributed by atoms with Crippen molar-refractivity contribution in [2.45, 2.75) is 13.0 Å². The van der Waals surface area contributed by atoms with E-state index in [0.29, 0.717) is 0 Å². The normalized spacial score (nSPS) is 13.0. The van der Waals surface area contributed by atoms with E-state index in [9.17, 15) is 0 Å². The number of nitrogens with one attached hydrogen (secondary N) is 1. The molecule has 0 spiro atoms. The van der Waals surface area contributed by atoms with Gasteiger partial charge in [0.15, 0.2) is 4.67 Å². The molecular weight excluding hydrogens is 258 g/mol. The Kier molecular flexibility index (Phi) is 2.98. The number of aryl methyl sites for hydroxylation is 1. The monoisotopic (exact) mass is 269 g/mol. The average molecular weight is 270 g/mol. The van der Waals surface area contributed by atoms with Gasteiger partial charge in [0.05, 0.1) is 12.3 Å². The molecule has 0 aliphatic rings. The van der Waals surface area contributed by atoms with Gasteiger partial charge in [0, 0.05) is 5.56 Å². The van der Waals surface area contributed by atoms with Crippen LogP contribution in [0.1, 0.15) is 23.1 Å². The Labute approximate surface area is 96.6 Å². The fourth-order valence-corrected chi connectivity index (χ4v) is 1.95. The predicted molar refractivity (Wildman–Crippen MR) is 60.8 cm³/mol. The Bertz CT molecular complexity index is 447. The molecule has 0 fully saturated rings. The van der Waals surface area contributed by atoms with E-state index in [1.54, 1.807) is 6.26 Å². The molecule has 0 amide bonds. The van der Waals surface area contributed by atoms with Crippen molar-refractivity contribution in [3.63, 3.8) is 0 Å². The van der Waals surface area contributed by atoms with Crippen LogP contribution >= 0.6 is 15.9 Å². The maximum Gasteiger partial charge on any atom is 0.169 e. The summed E-state index contributed by atoms with van der Waals surface area (Å²) in [6, 6.07) is 5.81. The van der Waals surface area contributed by atoms with Crippen molar-refractivity contribution in [3.05, 3.63) is 46.2 Å². The number of rotatable bonds is 3. The highest BCUT2D eigenvalue weighted by molar-refractivity contribution is 9.10. The van der Waals surface area contributed by atoms with Crippen molar-refractivity contribution in [1.29, 1.82) is 0 Å². The standard InChI is InChI=1S/C11H12BrNO2/c1-7-8(5-6-14-7)11(13-2)9-3-4-10(12)15-9/h3-6,11,13H,1-2H3. The Morgan fingerprint density at radius 2 is 2.13 bits per heavy atom. The van der Waals surface area contributed by atoms with E-state index in [1.165, 1.54) is 0 Å². The lowest BCUT2D eigenvalue weighted by atomic mass is 10.1. The molecule has 80 valence electrons. The first-order valence-corrected chi connectivity index (χ1v) is 5.48. The minimum Gasteiger partial charge on any atom is -0.469 e. The van der Waals surface area contributed by atoms with E-state index in [0.717, 1.165) is 21.8 Å². The van der Waals surface area contributed by atoms with E-state index in [-0.39, 0.29) is 6.04 Å². The van der Waals surface area contributed by atoms with Gasteiger partial charge in [-0.3, -0.25) is 0 Å². The van der Waals surface area contributed by atoms with Crippen molar-refractivity contribution >= 4 is 15.9 Å². The molecule has 1 N–H and O–H groups in total. The topological polar surface area (TPSA) is 38.3 Å². The van der Waals surface area contributed by atoms with Gasteiger partial charge < -0.3 is 14.2 Å². The van der Waals surface area contributed by atoms with Gasteiger partial charge in [-0.1, -0.05) is 0 Å². The van der Waals surface area contributed by atoms with E-state index >= 15 is 0 Å². The maximum absolute atomic E-state index is 5.53. The Morgan fingerprint density at radius 1 is 1.33 bits per heavy atom. The van der Waals surface area contributed by atoms with Gasteiger partial charge >= 0.3 is 0 Å². The SMILES string of the molecule is CNC(c1ccc(Br)o1)c1ccoc1C. The van der Waals surface area contributed by atoms with Crippen molar-refractivity contribution in [2.75, 3.05) is 7.05 Å². The van der Waals surface area contributed by atoms with Crippen LogP contribution in [-0.4, -0.2) is 7.05 Å². The lowest BCUT2D eigenvalue weighted by Crippen LogP contribution is -2.17. The summed E-state index contributed by atoms with van der Waals surface area (Å²) < 4.78 is 11.5. The van der Waals surface area contributed by atoms with Crippen LogP contribution in [-0.2, 0) is 0 Å². The lowest BCUT2D eigenvalue weighted by Gasteiger charge is -2.12. The molecule has 4 heteroatoms. The van der Waals surface area contributed by atoms with Crippen molar-refractivity contribution < 1.29 is 8.83 Å². The van der Waals surface area contributed by atoms with Crippen LogP contribution in [0.3, 0.4) is 0 Å². The molecule has 2 aromatic rings. The summed E-state index contributed by atoms with van der Waals surface area (Å²) in [5.41, 5.74) is 1.10. The molecule has 1 unspecified atom stereocenters. The second kappa shape index (κ2) is 4.24. The predicted octanol–water partition coefficient (Wildman–Crippen LogP) is 3.25. The summed E-state index contributed by atoms with van der Waals surface area (Å²) in [4.78, 5) is 0. The fraction of sp³-hybridized carbons (Fsp3) is 0.273. The smallest absolute Gasteiger partial charge is 0.169 e. The van der Waals surface area contributed by atoms with Crippen LogP contribution in [0, 0.1) is 6.92 Å². The largest absolute Gasteiger partial charge is 0.469 e. The van der Waals surface area contributed by atoms with Crippen LogP contribution in [0.25, 0.3) is 0 Å². The second-order valence-corrected chi connectivity index (χ2v) is 4.08. The van der Waals surface area contributed by atoms with Gasteiger partial charge in [-0.2, -0.15) is 0 Å². The minimum absolute atomic E-state index is 0.0371. The molecule has 0 saturated carbocycles. The molecule has 3 nitrogen and oxygen atoms in total. The summed E-state index contributed by atoms with van der Waals surface area (Å²) in [5.74, 6) is 1.77. The first-order valence-electron chi connectivity index (χ1n) is 4.69. The number of furan rings is 2. The number of halogens is 1. The first kappa shape index (κ1) is 10.5. The number of hydrogen-bond acceptors (Lipinski definition) is 3. The molecule has 1 atom stereocenters. The molecule has 0 radical (unpaired) electrons. The van der Waals surface area contributed by atoms with Crippen molar-refractivity contribution in [1.82, 2.24) is 5.32 Å². The fourth-order valence-electron chi connectivity index (χ4n) is 1.63. The zero-order valence-corrected chi connectivity index (χ0v) is 10.2. The summed E-state index contributed by atoms with van der Waals surface area (Å²) >= 11 is 3.29.